The maximum Gasteiger partial charge on any atom is 0.323 e. The molecule has 1 saturated carbocycles. The molecule has 0 spiro atoms. The molecular formula is C14H25NO3. The van der Waals surface area contributed by atoms with E-state index >= 15 is 0 Å². The van der Waals surface area contributed by atoms with Crippen LogP contribution in [-0.4, -0.2) is 38.4 Å². The van der Waals surface area contributed by atoms with Crippen molar-refractivity contribution in [1.29, 1.82) is 0 Å². The zero-order chi connectivity index (χ0) is 13.0. The third-order valence-corrected chi connectivity index (χ3v) is 4.21. The van der Waals surface area contributed by atoms with Gasteiger partial charge in [-0.05, 0) is 24.7 Å². The van der Waals surface area contributed by atoms with E-state index < -0.39 is 0 Å². The van der Waals surface area contributed by atoms with Gasteiger partial charge in [0.25, 0.3) is 0 Å². The first-order valence-corrected chi connectivity index (χ1v) is 7.12. The van der Waals surface area contributed by atoms with E-state index in [2.05, 4.69) is 12.2 Å². The summed E-state index contributed by atoms with van der Waals surface area (Å²) in [5.74, 6) is 1.25. The number of carbonyl (C=O) groups excluding carboxylic acids is 1. The number of carbonyl (C=O) groups is 1. The minimum atomic E-state index is -0.170. The smallest absolute Gasteiger partial charge is 0.323 e. The average Bonchev–Trinajstić information content (AvgIpc) is 2.85. The number of ether oxygens (including phenoxy) is 2. The summed E-state index contributed by atoms with van der Waals surface area (Å²) in [6.45, 7) is 3.63. The molecule has 0 aromatic carbocycles. The minimum absolute atomic E-state index is 0.104. The number of hydrogen-bond donors (Lipinski definition) is 1. The Labute approximate surface area is 109 Å². The van der Waals surface area contributed by atoms with Crippen molar-refractivity contribution in [3.05, 3.63) is 0 Å². The zero-order valence-corrected chi connectivity index (χ0v) is 11.5. The lowest BCUT2D eigenvalue weighted by atomic mass is 9.83. The lowest BCUT2D eigenvalue weighted by Crippen LogP contribution is -2.33. The predicted octanol–water partition coefficient (Wildman–Crippen LogP) is 1.73. The Morgan fingerprint density at radius 2 is 2.17 bits per heavy atom. The van der Waals surface area contributed by atoms with Crippen LogP contribution in [-0.2, 0) is 14.3 Å². The van der Waals surface area contributed by atoms with Crippen LogP contribution in [0.25, 0.3) is 0 Å². The first-order chi connectivity index (χ1) is 8.69. The highest BCUT2D eigenvalue weighted by molar-refractivity contribution is 5.76. The van der Waals surface area contributed by atoms with E-state index in [1.54, 1.807) is 7.11 Å². The summed E-state index contributed by atoms with van der Waals surface area (Å²) in [4.78, 5) is 11.9. The molecule has 1 aliphatic heterocycles. The standard InChI is InChI=1S/C14H25NO3/c1-10-4-3-5-11(6-10)9-18-14(16)13-7-12(17-2)8-15-13/h10-13,15H,3-9H2,1-2H3. The molecule has 2 aliphatic rings. The van der Waals surface area contributed by atoms with E-state index in [1.807, 2.05) is 0 Å². The largest absolute Gasteiger partial charge is 0.464 e. The van der Waals surface area contributed by atoms with Crippen LogP contribution in [0.4, 0.5) is 0 Å². The van der Waals surface area contributed by atoms with Gasteiger partial charge >= 0.3 is 5.97 Å². The average molecular weight is 255 g/mol. The van der Waals surface area contributed by atoms with E-state index in [-0.39, 0.29) is 18.1 Å². The van der Waals surface area contributed by atoms with Crippen LogP contribution < -0.4 is 5.32 Å². The molecule has 4 unspecified atom stereocenters. The molecule has 2 fully saturated rings. The first-order valence-electron chi connectivity index (χ1n) is 7.12. The van der Waals surface area contributed by atoms with Gasteiger partial charge in [0.15, 0.2) is 0 Å². The Kier molecular flexibility index (Phi) is 5.01. The number of nitrogens with one attached hydrogen (secondary N) is 1. The second-order valence-corrected chi connectivity index (χ2v) is 5.82. The molecule has 0 aromatic rings. The molecule has 4 atom stereocenters. The van der Waals surface area contributed by atoms with Crippen molar-refractivity contribution in [1.82, 2.24) is 5.32 Å². The molecule has 4 nitrogen and oxygen atoms in total. The molecular weight excluding hydrogens is 230 g/mol. The lowest BCUT2D eigenvalue weighted by molar-refractivity contribution is -0.147. The van der Waals surface area contributed by atoms with E-state index in [0.717, 1.165) is 18.9 Å². The van der Waals surface area contributed by atoms with Gasteiger partial charge in [-0.3, -0.25) is 4.79 Å². The van der Waals surface area contributed by atoms with E-state index in [9.17, 15) is 4.79 Å². The van der Waals surface area contributed by atoms with Crippen molar-refractivity contribution in [2.75, 3.05) is 20.3 Å². The van der Waals surface area contributed by atoms with Crippen molar-refractivity contribution >= 4 is 5.97 Å². The number of rotatable bonds is 4. The van der Waals surface area contributed by atoms with Gasteiger partial charge in [-0.15, -0.1) is 0 Å². The molecule has 18 heavy (non-hydrogen) atoms. The van der Waals surface area contributed by atoms with Crippen molar-refractivity contribution < 1.29 is 14.3 Å². The number of methoxy groups -OCH3 is 1. The SMILES string of the molecule is COC1CNC(C(=O)OCC2CCCC(C)C2)C1. The van der Waals surface area contributed by atoms with Crippen LogP contribution in [0.15, 0.2) is 0 Å². The molecule has 1 saturated heterocycles. The summed E-state index contributed by atoms with van der Waals surface area (Å²) >= 11 is 0. The van der Waals surface area contributed by atoms with Gasteiger partial charge in [0.2, 0.25) is 0 Å². The minimum Gasteiger partial charge on any atom is -0.464 e. The third kappa shape index (κ3) is 3.69. The highest BCUT2D eigenvalue weighted by Crippen LogP contribution is 2.28. The third-order valence-electron chi connectivity index (χ3n) is 4.21. The Morgan fingerprint density at radius 3 is 2.83 bits per heavy atom. The molecule has 0 bridgehead atoms. The van der Waals surface area contributed by atoms with Gasteiger partial charge in [-0.25, -0.2) is 0 Å². The van der Waals surface area contributed by atoms with E-state index in [4.69, 9.17) is 9.47 Å². The summed E-state index contributed by atoms with van der Waals surface area (Å²) in [6.07, 6.45) is 5.89. The topological polar surface area (TPSA) is 47.6 Å². The summed E-state index contributed by atoms with van der Waals surface area (Å²) in [5.41, 5.74) is 0. The molecule has 1 aliphatic carbocycles. The van der Waals surface area contributed by atoms with Crippen LogP contribution in [0.2, 0.25) is 0 Å². The lowest BCUT2D eigenvalue weighted by Gasteiger charge is -2.26. The first kappa shape index (κ1) is 13.8. The maximum atomic E-state index is 11.9. The Morgan fingerprint density at radius 1 is 1.33 bits per heavy atom. The quantitative estimate of drug-likeness (QED) is 0.777. The van der Waals surface area contributed by atoms with Crippen molar-refractivity contribution in [2.45, 2.75) is 51.2 Å². The van der Waals surface area contributed by atoms with Crippen molar-refractivity contribution in [2.24, 2.45) is 11.8 Å². The molecule has 104 valence electrons. The number of hydrogen-bond acceptors (Lipinski definition) is 4. The van der Waals surface area contributed by atoms with Gasteiger partial charge in [0, 0.05) is 20.1 Å². The maximum absolute atomic E-state index is 11.9. The molecule has 0 radical (unpaired) electrons. The summed E-state index contributed by atoms with van der Waals surface area (Å²) in [6, 6.07) is -0.170. The summed E-state index contributed by atoms with van der Waals surface area (Å²) in [5, 5.41) is 3.15. The molecule has 2 rings (SSSR count). The number of esters is 1. The summed E-state index contributed by atoms with van der Waals surface area (Å²) in [7, 11) is 1.68. The van der Waals surface area contributed by atoms with E-state index in [1.165, 1.54) is 25.7 Å². The second-order valence-electron chi connectivity index (χ2n) is 5.82. The Balaban J connectivity index is 1.68. The fourth-order valence-electron chi connectivity index (χ4n) is 3.07. The van der Waals surface area contributed by atoms with Crippen LogP contribution in [0.5, 0.6) is 0 Å². The fraction of sp³-hybridized carbons (Fsp3) is 0.929. The molecule has 1 heterocycles. The molecule has 4 heteroatoms. The van der Waals surface area contributed by atoms with E-state index in [0.29, 0.717) is 12.5 Å². The second kappa shape index (κ2) is 6.53. The Hall–Kier alpha value is -0.610. The normalized spacial score (nSPS) is 36.6. The predicted molar refractivity (Wildman–Crippen MR) is 69.3 cm³/mol. The Bertz CT molecular complexity index is 282. The highest BCUT2D eigenvalue weighted by Gasteiger charge is 2.31. The monoisotopic (exact) mass is 255 g/mol. The van der Waals surface area contributed by atoms with Crippen LogP contribution in [0.3, 0.4) is 0 Å². The van der Waals surface area contributed by atoms with Crippen LogP contribution in [0.1, 0.15) is 39.0 Å². The van der Waals surface area contributed by atoms with Gasteiger partial charge in [0.1, 0.15) is 6.04 Å². The molecule has 1 N–H and O–H groups in total. The molecule has 0 aromatic heterocycles. The van der Waals surface area contributed by atoms with Crippen molar-refractivity contribution in [3.63, 3.8) is 0 Å². The van der Waals surface area contributed by atoms with Gasteiger partial charge in [0.05, 0.1) is 12.7 Å². The molecule has 0 amide bonds. The fourth-order valence-corrected chi connectivity index (χ4v) is 3.07. The van der Waals surface area contributed by atoms with Crippen LogP contribution >= 0.6 is 0 Å². The van der Waals surface area contributed by atoms with Gasteiger partial charge in [-0.1, -0.05) is 19.8 Å². The van der Waals surface area contributed by atoms with Crippen LogP contribution in [0, 0.1) is 11.8 Å². The van der Waals surface area contributed by atoms with Crippen molar-refractivity contribution in [3.8, 4) is 0 Å². The van der Waals surface area contributed by atoms with Gasteiger partial charge in [-0.2, -0.15) is 0 Å². The highest BCUT2D eigenvalue weighted by atomic mass is 16.5. The van der Waals surface area contributed by atoms with Gasteiger partial charge < -0.3 is 14.8 Å². The summed E-state index contributed by atoms with van der Waals surface area (Å²) < 4.78 is 10.7. The zero-order valence-electron chi connectivity index (χ0n) is 11.5.